The molecule has 1 unspecified atom stereocenters. The first kappa shape index (κ1) is 19.0. The molecule has 0 aromatic heterocycles. The third-order valence-corrected chi connectivity index (χ3v) is 5.82. The van der Waals surface area contributed by atoms with Gasteiger partial charge in [0.05, 0.1) is 0 Å². The maximum atomic E-state index is 2.51. The minimum atomic E-state index is 0.922. The highest BCUT2D eigenvalue weighted by molar-refractivity contribution is 5.71. The lowest BCUT2D eigenvalue weighted by atomic mass is 9.83. The fraction of sp³-hybridized carbons (Fsp3) is 0.462. The summed E-state index contributed by atoms with van der Waals surface area (Å²) >= 11 is 0. The molecule has 0 radical (unpaired) electrons. The monoisotopic (exact) mass is 346 g/mol. The topological polar surface area (TPSA) is 0 Å². The van der Waals surface area contributed by atoms with Gasteiger partial charge in [-0.25, -0.2) is 0 Å². The normalized spacial score (nSPS) is 17.2. The van der Waals surface area contributed by atoms with Crippen LogP contribution in [0.3, 0.4) is 0 Å². The van der Waals surface area contributed by atoms with Crippen LogP contribution in [0.5, 0.6) is 0 Å². The second-order valence-corrected chi connectivity index (χ2v) is 7.89. The average molecular weight is 347 g/mol. The van der Waals surface area contributed by atoms with Crippen molar-refractivity contribution in [1.82, 2.24) is 0 Å². The van der Waals surface area contributed by atoms with E-state index in [-0.39, 0.29) is 0 Å². The van der Waals surface area contributed by atoms with E-state index in [9.17, 15) is 0 Å². The molecular weight excluding hydrogens is 312 g/mol. The molecule has 0 saturated heterocycles. The number of unbranched alkanes of at least 4 members (excludes halogenated alkanes) is 2. The third kappa shape index (κ3) is 5.10. The molecule has 0 heteroatoms. The standard InChI is InChI=1S/C26H34/c1-3-5-6-8-22-11-15-24(16-12-22)26-19-17-25(18-20-26)23-13-9-21(7-4-2)10-14-23/h9-10,13-15,17-20,22H,3-8,11-12,16H2,1-2H3. The third-order valence-electron chi connectivity index (χ3n) is 5.82. The van der Waals surface area contributed by atoms with Gasteiger partial charge in [0.15, 0.2) is 0 Å². The second-order valence-electron chi connectivity index (χ2n) is 7.89. The first-order chi connectivity index (χ1) is 12.8. The van der Waals surface area contributed by atoms with E-state index in [1.54, 1.807) is 5.57 Å². The molecule has 1 aliphatic rings. The molecule has 0 amide bonds. The number of hydrogen-bond acceptors (Lipinski definition) is 0. The number of benzene rings is 2. The highest BCUT2D eigenvalue weighted by Gasteiger charge is 2.15. The van der Waals surface area contributed by atoms with Gasteiger partial charge in [0.25, 0.3) is 0 Å². The minimum Gasteiger partial charge on any atom is -0.0804 e. The van der Waals surface area contributed by atoms with Crippen LogP contribution >= 0.6 is 0 Å². The smallest absolute Gasteiger partial charge is 0.0184 e. The minimum absolute atomic E-state index is 0.922. The largest absolute Gasteiger partial charge is 0.0804 e. The van der Waals surface area contributed by atoms with Crippen LogP contribution < -0.4 is 0 Å². The van der Waals surface area contributed by atoms with Crippen LogP contribution in [0.1, 0.15) is 76.3 Å². The number of allylic oxidation sites excluding steroid dienone is 2. The fourth-order valence-corrected chi connectivity index (χ4v) is 4.13. The molecule has 3 rings (SSSR count). The molecule has 1 aliphatic carbocycles. The summed E-state index contributed by atoms with van der Waals surface area (Å²) < 4.78 is 0. The van der Waals surface area contributed by atoms with Crippen molar-refractivity contribution in [1.29, 1.82) is 0 Å². The van der Waals surface area contributed by atoms with E-state index in [1.165, 1.54) is 80.0 Å². The van der Waals surface area contributed by atoms with Gasteiger partial charge in [-0.05, 0) is 59.4 Å². The van der Waals surface area contributed by atoms with Crippen LogP contribution in [0.4, 0.5) is 0 Å². The van der Waals surface area contributed by atoms with Crippen molar-refractivity contribution in [3.8, 4) is 11.1 Å². The van der Waals surface area contributed by atoms with Crippen LogP contribution in [-0.4, -0.2) is 0 Å². The molecule has 0 heterocycles. The zero-order valence-corrected chi connectivity index (χ0v) is 16.6. The Labute approximate surface area is 160 Å². The lowest BCUT2D eigenvalue weighted by Gasteiger charge is -2.22. The first-order valence-corrected chi connectivity index (χ1v) is 10.7. The molecule has 0 nitrogen and oxygen atoms in total. The second kappa shape index (κ2) is 9.76. The van der Waals surface area contributed by atoms with Crippen molar-refractivity contribution in [2.24, 2.45) is 5.92 Å². The van der Waals surface area contributed by atoms with Gasteiger partial charge in [-0.1, -0.05) is 101 Å². The van der Waals surface area contributed by atoms with Gasteiger partial charge in [-0.3, -0.25) is 0 Å². The molecule has 1 atom stereocenters. The Bertz CT molecular complexity index is 688. The zero-order valence-electron chi connectivity index (χ0n) is 16.6. The van der Waals surface area contributed by atoms with Gasteiger partial charge in [0, 0.05) is 0 Å². The molecule has 26 heavy (non-hydrogen) atoms. The van der Waals surface area contributed by atoms with Gasteiger partial charge in [0.2, 0.25) is 0 Å². The lowest BCUT2D eigenvalue weighted by Crippen LogP contribution is -2.05. The van der Waals surface area contributed by atoms with Gasteiger partial charge in [-0.15, -0.1) is 0 Å². The Morgan fingerprint density at radius 3 is 2.00 bits per heavy atom. The molecule has 2 aromatic rings. The number of rotatable bonds is 8. The molecule has 0 N–H and O–H groups in total. The van der Waals surface area contributed by atoms with E-state index in [4.69, 9.17) is 0 Å². The summed E-state index contributed by atoms with van der Waals surface area (Å²) in [7, 11) is 0. The van der Waals surface area contributed by atoms with Crippen molar-refractivity contribution >= 4 is 5.57 Å². The highest BCUT2D eigenvalue weighted by Crippen LogP contribution is 2.33. The van der Waals surface area contributed by atoms with Crippen LogP contribution in [0.25, 0.3) is 16.7 Å². The first-order valence-electron chi connectivity index (χ1n) is 10.7. The summed E-state index contributed by atoms with van der Waals surface area (Å²) in [6.45, 7) is 4.53. The summed E-state index contributed by atoms with van der Waals surface area (Å²) in [6.07, 6.45) is 14.4. The Morgan fingerprint density at radius 2 is 1.42 bits per heavy atom. The van der Waals surface area contributed by atoms with Gasteiger partial charge in [-0.2, -0.15) is 0 Å². The van der Waals surface area contributed by atoms with Gasteiger partial charge >= 0.3 is 0 Å². The van der Waals surface area contributed by atoms with E-state index in [0.717, 1.165) is 5.92 Å². The van der Waals surface area contributed by atoms with E-state index in [1.807, 2.05) is 0 Å². The predicted molar refractivity (Wildman–Crippen MR) is 115 cm³/mol. The Hall–Kier alpha value is -1.82. The van der Waals surface area contributed by atoms with Gasteiger partial charge < -0.3 is 0 Å². The van der Waals surface area contributed by atoms with Crippen LogP contribution in [0, 0.1) is 5.92 Å². The predicted octanol–water partition coefficient (Wildman–Crippen LogP) is 8.07. The SMILES string of the molecule is CCCCCC1CC=C(c2ccc(-c3ccc(CCC)cc3)cc2)CC1. The Kier molecular flexibility index (Phi) is 7.12. The zero-order chi connectivity index (χ0) is 18.2. The summed E-state index contributed by atoms with van der Waals surface area (Å²) in [5.41, 5.74) is 7.06. The molecule has 0 saturated carbocycles. The molecule has 0 fully saturated rings. The summed E-state index contributed by atoms with van der Waals surface area (Å²) in [4.78, 5) is 0. The number of hydrogen-bond donors (Lipinski definition) is 0. The van der Waals surface area contributed by atoms with Crippen LogP contribution in [0.15, 0.2) is 54.6 Å². The molecule has 0 aliphatic heterocycles. The summed E-state index contributed by atoms with van der Waals surface area (Å²) in [5.74, 6) is 0.922. The quantitative estimate of drug-likeness (QED) is 0.424. The van der Waals surface area contributed by atoms with Gasteiger partial charge in [0.1, 0.15) is 0 Å². The molecular formula is C26H34. The molecule has 138 valence electrons. The molecule has 0 bridgehead atoms. The van der Waals surface area contributed by atoms with Crippen molar-refractivity contribution in [2.75, 3.05) is 0 Å². The average Bonchev–Trinajstić information content (AvgIpc) is 2.70. The van der Waals surface area contributed by atoms with E-state index < -0.39 is 0 Å². The van der Waals surface area contributed by atoms with E-state index in [0.29, 0.717) is 0 Å². The molecule has 2 aromatic carbocycles. The van der Waals surface area contributed by atoms with E-state index in [2.05, 4.69) is 68.5 Å². The van der Waals surface area contributed by atoms with Crippen molar-refractivity contribution in [2.45, 2.75) is 71.6 Å². The van der Waals surface area contributed by atoms with Crippen molar-refractivity contribution < 1.29 is 0 Å². The van der Waals surface area contributed by atoms with Crippen LogP contribution in [0.2, 0.25) is 0 Å². The van der Waals surface area contributed by atoms with Crippen LogP contribution in [-0.2, 0) is 6.42 Å². The lowest BCUT2D eigenvalue weighted by molar-refractivity contribution is 0.428. The van der Waals surface area contributed by atoms with Crippen molar-refractivity contribution in [3.05, 3.63) is 65.7 Å². The maximum absolute atomic E-state index is 2.51. The summed E-state index contributed by atoms with van der Waals surface area (Å²) in [6, 6.07) is 18.3. The fourth-order valence-electron chi connectivity index (χ4n) is 4.13. The Morgan fingerprint density at radius 1 is 0.769 bits per heavy atom. The summed E-state index contributed by atoms with van der Waals surface area (Å²) in [5, 5.41) is 0. The van der Waals surface area contributed by atoms with E-state index >= 15 is 0 Å². The molecule has 0 spiro atoms. The highest BCUT2D eigenvalue weighted by atomic mass is 14.2. The van der Waals surface area contributed by atoms with Crippen molar-refractivity contribution in [3.63, 3.8) is 0 Å². The number of aryl methyl sites for hydroxylation is 1. The maximum Gasteiger partial charge on any atom is -0.0184 e. The Balaban J connectivity index is 1.61.